The third-order valence-corrected chi connectivity index (χ3v) is 2.70. The molecule has 1 aliphatic rings. The molecule has 2 rings (SSSR count). The van der Waals surface area contributed by atoms with Gasteiger partial charge in [-0.2, -0.15) is 0 Å². The number of Topliss-reactive ketones (excluding diaryl/α,β-unsaturated/α-hetero) is 1. The molecule has 1 aliphatic heterocycles. The maximum Gasteiger partial charge on any atom is 0.411 e. The highest BCUT2D eigenvalue weighted by molar-refractivity contribution is 5.97. The van der Waals surface area contributed by atoms with Crippen molar-refractivity contribution in [3.8, 4) is 0 Å². The number of carbonyl (C=O) groups excluding carboxylic acids is 2. The summed E-state index contributed by atoms with van der Waals surface area (Å²) < 4.78 is 5.09. The standard InChI is InChI=1S/C12H13NO3/c1-9-11(14)7-13(9)12(15)16-8-10-5-3-2-4-6-10/h2-6,9H,7-8H2,1H3. The van der Waals surface area contributed by atoms with Gasteiger partial charge in [0, 0.05) is 0 Å². The van der Waals surface area contributed by atoms with Gasteiger partial charge in [0.05, 0.1) is 12.6 Å². The van der Waals surface area contributed by atoms with E-state index in [-0.39, 0.29) is 25.0 Å². The Hall–Kier alpha value is -1.84. The molecule has 0 aromatic heterocycles. The molecule has 0 aliphatic carbocycles. The van der Waals surface area contributed by atoms with Gasteiger partial charge in [0.1, 0.15) is 6.61 Å². The first-order chi connectivity index (χ1) is 7.68. The van der Waals surface area contributed by atoms with E-state index in [2.05, 4.69) is 0 Å². The lowest BCUT2D eigenvalue weighted by molar-refractivity contribution is -0.133. The van der Waals surface area contributed by atoms with Gasteiger partial charge in [-0.3, -0.25) is 9.69 Å². The van der Waals surface area contributed by atoms with E-state index in [0.29, 0.717) is 0 Å². The zero-order valence-electron chi connectivity index (χ0n) is 9.05. The highest BCUT2D eigenvalue weighted by atomic mass is 16.6. The molecule has 0 spiro atoms. The van der Waals surface area contributed by atoms with Crippen LogP contribution in [0.15, 0.2) is 30.3 Å². The molecule has 1 aromatic rings. The van der Waals surface area contributed by atoms with Crippen LogP contribution in [0.5, 0.6) is 0 Å². The highest BCUT2D eigenvalue weighted by Gasteiger charge is 2.37. The second-order valence-electron chi connectivity index (χ2n) is 3.81. The topological polar surface area (TPSA) is 46.6 Å². The van der Waals surface area contributed by atoms with Crippen molar-refractivity contribution in [1.29, 1.82) is 0 Å². The average molecular weight is 219 g/mol. The quantitative estimate of drug-likeness (QED) is 0.759. The van der Waals surface area contributed by atoms with Crippen LogP contribution >= 0.6 is 0 Å². The van der Waals surface area contributed by atoms with Crippen LogP contribution in [0.3, 0.4) is 0 Å². The minimum atomic E-state index is -0.420. The van der Waals surface area contributed by atoms with Gasteiger partial charge in [-0.1, -0.05) is 30.3 Å². The van der Waals surface area contributed by atoms with Crippen LogP contribution in [-0.2, 0) is 16.1 Å². The summed E-state index contributed by atoms with van der Waals surface area (Å²) in [5.74, 6) is 0.0802. The Labute approximate surface area is 93.8 Å². The van der Waals surface area contributed by atoms with Gasteiger partial charge in [-0.05, 0) is 12.5 Å². The van der Waals surface area contributed by atoms with E-state index in [1.165, 1.54) is 4.90 Å². The second-order valence-corrected chi connectivity index (χ2v) is 3.81. The largest absolute Gasteiger partial charge is 0.445 e. The number of amides is 1. The fourth-order valence-electron chi connectivity index (χ4n) is 1.52. The molecular weight excluding hydrogens is 206 g/mol. The van der Waals surface area contributed by atoms with Crippen LogP contribution in [0.2, 0.25) is 0 Å². The molecule has 1 fully saturated rings. The molecule has 0 bridgehead atoms. The normalized spacial score (nSPS) is 19.2. The molecule has 4 nitrogen and oxygen atoms in total. The third-order valence-electron chi connectivity index (χ3n) is 2.70. The smallest absolute Gasteiger partial charge is 0.411 e. The molecular formula is C12H13NO3. The molecule has 1 unspecified atom stereocenters. The molecule has 0 saturated carbocycles. The van der Waals surface area contributed by atoms with Crippen molar-refractivity contribution >= 4 is 11.9 Å². The summed E-state index contributed by atoms with van der Waals surface area (Å²) in [6.45, 7) is 2.13. The van der Waals surface area contributed by atoms with Gasteiger partial charge in [-0.15, -0.1) is 0 Å². The first kappa shape index (κ1) is 10.7. The summed E-state index contributed by atoms with van der Waals surface area (Å²) in [5.41, 5.74) is 0.940. The number of nitrogens with zero attached hydrogens (tertiary/aromatic N) is 1. The Bertz CT molecular complexity index is 402. The fourth-order valence-corrected chi connectivity index (χ4v) is 1.52. The van der Waals surface area contributed by atoms with Gasteiger partial charge in [-0.25, -0.2) is 4.79 Å². The molecule has 0 radical (unpaired) electrons. The summed E-state index contributed by atoms with van der Waals surface area (Å²) in [4.78, 5) is 23.9. The van der Waals surface area contributed by atoms with E-state index >= 15 is 0 Å². The minimum Gasteiger partial charge on any atom is -0.445 e. The van der Waals surface area contributed by atoms with E-state index < -0.39 is 6.09 Å². The summed E-state index contributed by atoms with van der Waals surface area (Å²) >= 11 is 0. The third kappa shape index (κ3) is 2.05. The van der Waals surface area contributed by atoms with Crippen molar-refractivity contribution in [2.24, 2.45) is 0 Å². The van der Waals surface area contributed by atoms with E-state index in [9.17, 15) is 9.59 Å². The maximum absolute atomic E-state index is 11.5. The van der Waals surface area contributed by atoms with Crippen molar-refractivity contribution in [2.45, 2.75) is 19.6 Å². The molecule has 1 heterocycles. The molecule has 4 heteroatoms. The Morgan fingerprint density at radius 2 is 2.12 bits per heavy atom. The van der Waals surface area contributed by atoms with Crippen molar-refractivity contribution < 1.29 is 14.3 Å². The molecule has 0 N–H and O–H groups in total. The van der Waals surface area contributed by atoms with Gasteiger partial charge >= 0.3 is 6.09 Å². The lowest BCUT2D eigenvalue weighted by Crippen LogP contribution is -2.57. The van der Waals surface area contributed by atoms with Gasteiger partial charge < -0.3 is 4.74 Å². The highest BCUT2D eigenvalue weighted by Crippen LogP contribution is 2.14. The zero-order chi connectivity index (χ0) is 11.5. The van der Waals surface area contributed by atoms with Crippen molar-refractivity contribution in [3.05, 3.63) is 35.9 Å². The Kier molecular flexibility index (Phi) is 2.90. The number of ketones is 1. The lowest BCUT2D eigenvalue weighted by Gasteiger charge is -2.35. The Balaban J connectivity index is 1.83. The Morgan fingerprint density at radius 1 is 1.44 bits per heavy atom. The number of carbonyl (C=O) groups is 2. The van der Waals surface area contributed by atoms with Gasteiger partial charge in [0.2, 0.25) is 0 Å². The number of hydrogen-bond acceptors (Lipinski definition) is 3. The SMILES string of the molecule is CC1C(=O)CN1C(=O)OCc1ccccc1. The number of rotatable bonds is 2. The Morgan fingerprint density at radius 3 is 2.69 bits per heavy atom. The van der Waals surface area contributed by atoms with Crippen molar-refractivity contribution in [2.75, 3.05) is 6.54 Å². The number of likely N-dealkylation sites (tertiary alicyclic amines) is 1. The van der Waals surface area contributed by atoms with Crippen LogP contribution in [0.1, 0.15) is 12.5 Å². The summed E-state index contributed by atoms with van der Waals surface area (Å²) in [7, 11) is 0. The van der Waals surface area contributed by atoms with Crippen LogP contribution in [0.4, 0.5) is 4.79 Å². The first-order valence-corrected chi connectivity index (χ1v) is 5.18. The summed E-state index contributed by atoms with van der Waals surface area (Å²) in [5, 5.41) is 0. The van der Waals surface area contributed by atoms with E-state index in [1.54, 1.807) is 6.92 Å². The number of benzene rings is 1. The number of ether oxygens (including phenoxy) is 1. The van der Waals surface area contributed by atoms with Crippen LogP contribution in [-0.4, -0.2) is 29.4 Å². The molecule has 1 amide bonds. The van der Waals surface area contributed by atoms with Crippen molar-refractivity contribution in [3.63, 3.8) is 0 Å². The molecule has 1 atom stereocenters. The van der Waals surface area contributed by atoms with Crippen molar-refractivity contribution in [1.82, 2.24) is 4.90 Å². The van der Waals surface area contributed by atoms with Crippen LogP contribution < -0.4 is 0 Å². The lowest BCUT2D eigenvalue weighted by atomic mass is 10.1. The average Bonchev–Trinajstić information content (AvgIpc) is 2.33. The predicted molar refractivity (Wildman–Crippen MR) is 57.8 cm³/mol. The maximum atomic E-state index is 11.5. The summed E-state index contributed by atoms with van der Waals surface area (Å²) in [6, 6.07) is 9.12. The van der Waals surface area contributed by atoms with Gasteiger partial charge in [0.25, 0.3) is 0 Å². The molecule has 1 saturated heterocycles. The van der Waals surface area contributed by atoms with Crippen LogP contribution in [0, 0.1) is 0 Å². The van der Waals surface area contributed by atoms with Gasteiger partial charge in [0.15, 0.2) is 5.78 Å². The monoisotopic (exact) mass is 219 g/mol. The minimum absolute atomic E-state index is 0.0802. The zero-order valence-corrected chi connectivity index (χ0v) is 9.05. The summed E-state index contributed by atoms with van der Waals surface area (Å²) in [6.07, 6.45) is -0.420. The van der Waals surface area contributed by atoms with E-state index in [0.717, 1.165) is 5.56 Å². The van der Waals surface area contributed by atoms with Crippen LogP contribution in [0.25, 0.3) is 0 Å². The predicted octanol–water partition coefficient (Wildman–Crippen LogP) is 1.60. The first-order valence-electron chi connectivity index (χ1n) is 5.18. The van der Waals surface area contributed by atoms with E-state index in [1.807, 2.05) is 30.3 Å². The fraction of sp³-hybridized carbons (Fsp3) is 0.333. The number of hydrogen-bond donors (Lipinski definition) is 0. The molecule has 16 heavy (non-hydrogen) atoms. The second kappa shape index (κ2) is 4.35. The molecule has 84 valence electrons. The molecule has 1 aromatic carbocycles. The van der Waals surface area contributed by atoms with E-state index in [4.69, 9.17) is 4.74 Å².